The number of hydrogen-bond donors (Lipinski definition) is 3. The Hall–Kier alpha value is -2.58. The Balaban J connectivity index is 2.20. The number of benzene rings is 1. The number of imidazole rings is 1. The number of pyridine rings is 1. The Kier molecular flexibility index (Phi) is 4.91. The Morgan fingerprint density at radius 1 is 1.28 bits per heavy atom. The molecule has 0 aliphatic rings. The van der Waals surface area contributed by atoms with Crippen LogP contribution in [0.1, 0.15) is 30.0 Å². The summed E-state index contributed by atoms with van der Waals surface area (Å²) in [4.78, 5) is 4.89. The standard InChI is InChI=1S/C20H25N5/c1-5-15-14(2)16(13-21)20-23-17-9-6-7-10-18(17)25(20)19(15)22-11-8-12-24(3)4/h6-7,9-10H,5,8,11-12H2,1-4H3,(H,22,23)/p+2. The quantitative estimate of drug-likeness (QED) is 0.473. The van der Waals surface area contributed by atoms with E-state index in [1.165, 1.54) is 10.5 Å². The lowest BCUT2D eigenvalue weighted by atomic mass is 10.0. The number of fused-ring (bicyclic) bond motifs is 3. The molecule has 3 N–H and O–H groups in total. The van der Waals surface area contributed by atoms with E-state index >= 15 is 0 Å². The average molecular weight is 337 g/mol. The van der Waals surface area contributed by atoms with E-state index in [1.54, 1.807) is 0 Å². The van der Waals surface area contributed by atoms with Crippen molar-refractivity contribution in [3.8, 4) is 6.07 Å². The predicted molar refractivity (Wildman–Crippen MR) is 101 cm³/mol. The molecule has 0 saturated heterocycles. The molecule has 0 saturated carbocycles. The zero-order valence-electron chi connectivity index (χ0n) is 15.5. The summed E-state index contributed by atoms with van der Waals surface area (Å²) in [6.07, 6.45) is 2.00. The van der Waals surface area contributed by atoms with Crippen molar-refractivity contribution in [2.45, 2.75) is 26.7 Å². The normalized spacial score (nSPS) is 11.4. The first-order chi connectivity index (χ1) is 12.1. The summed E-state index contributed by atoms with van der Waals surface area (Å²) in [6.45, 7) is 6.26. The number of aromatic amines is 1. The fraction of sp³-hybridized carbons (Fsp3) is 0.400. The molecule has 2 heterocycles. The minimum atomic E-state index is 0.733. The zero-order valence-corrected chi connectivity index (χ0v) is 15.5. The van der Waals surface area contributed by atoms with Crippen LogP contribution in [0.4, 0.5) is 5.82 Å². The Labute approximate surface area is 148 Å². The zero-order chi connectivity index (χ0) is 18.0. The molecule has 3 aromatic rings. The molecule has 0 spiro atoms. The second-order valence-electron chi connectivity index (χ2n) is 6.86. The van der Waals surface area contributed by atoms with Gasteiger partial charge in [0.25, 0.3) is 0 Å². The van der Waals surface area contributed by atoms with Gasteiger partial charge in [0.15, 0.2) is 0 Å². The fourth-order valence-electron chi connectivity index (χ4n) is 3.53. The predicted octanol–water partition coefficient (Wildman–Crippen LogP) is 1.60. The lowest BCUT2D eigenvalue weighted by molar-refractivity contribution is -0.858. The van der Waals surface area contributed by atoms with Gasteiger partial charge in [-0.3, -0.25) is 4.98 Å². The van der Waals surface area contributed by atoms with Crippen LogP contribution in [-0.4, -0.2) is 32.2 Å². The van der Waals surface area contributed by atoms with Gasteiger partial charge in [0, 0.05) is 12.0 Å². The summed E-state index contributed by atoms with van der Waals surface area (Å²) < 4.78 is 2.18. The van der Waals surface area contributed by atoms with Crippen LogP contribution in [0.25, 0.3) is 16.7 Å². The number of anilines is 1. The number of aromatic nitrogens is 2. The number of nitrogens with zero attached hydrogens (tertiary/aromatic N) is 2. The van der Waals surface area contributed by atoms with Gasteiger partial charge in [-0.15, -0.1) is 0 Å². The minimum absolute atomic E-state index is 0.733. The number of nitrogens with one attached hydrogen (secondary N) is 3. The summed E-state index contributed by atoms with van der Waals surface area (Å²) >= 11 is 0. The number of nitriles is 1. The van der Waals surface area contributed by atoms with Crippen LogP contribution in [0.2, 0.25) is 0 Å². The molecule has 5 heteroatoms. The average Bonchev–Trinajstić information content (AvgIpc) is 2.97. The topological polar surface area (TPSA) is 60.1 Å². The second-order valence-corrected chi connectivity index (χ2v) is 6.86. The molecule has 5 nitrogen and oxygen atoms in total. The smallest absolute Gasteiger partial charge is 0.250 e. The number of quaternary nitrogens is 1. The molecule has 3 rings (SSSR count). The SMILES string of the molecule is CCc1c(C)c(C#N)c2[nH]c3ccccc3[n+]2c1NCCC[NH+](C)C. The molecule has 25 heavy (non-hydrogen) atoms. The maximum absolute atomic E-state index is 9.72. The molecule has 0 amide bonds. The van der Waals surface area contributed by atoms with Gasteiger partial charge in [-0.25, -0.2) is 0 Å². The number of para-hydroxylation sites is 2. The van der Waals surface area contributed by atoms with Gasteiger partial charge in [0.2, 0.25) is 11.5 Å². The first kappa shape index (κ1) is 17.2. The van der Waals surface area contributed by atoms with Crippen molar-refractivity contribution >= 4 is 22.5 Å². The Morgan fingerprint density at radius 3 is 2.72 bits per heavy atom. The largest absolute Gasteiger partial charge is 0.340 e. The van der Waals surface area contributed by atoms with Crippen LogP contribution in [0, 0.1) is 18.3 Å². The first-order valence-electron chi connectivity index (χ1n) is 8.99. The lowest BCUT2D eigenvalue weighted by Gasteiger charge is -2.13. The van der Waals surface area contributed by atoms with E-state index in [0.717, 1.165) is 59.6 Å². The van der Waals surface area contributed by atoms with Crippen molar-refractivity contribution in [1.82, 2.24) is 4.98 Å². The molecule has 0 atom stereocenters. The first-order valence-corrected chi connectivity index (χ1v) is 8.99. The highest BCUT2D eigenvalue weighted by Crippen LogP contribution is 2.25. The molecule has 1 aromatic carbocycles. The van der Waals surface area contributed by atoms with E-state index in [-0.39, 0.29) is 0 Å². The van der Waals surface area contributed by atoms with E-state index in [9.17, 15) is 5.26 Å². The van der Waals surface area contributed by atoms with Gasteiger partial charge in [0.1, 0.15) is 22.7 Å². The molecular formula is C20H27N5+2. The molecule has 0 fully saturated rings. The molecule has 0 unspecified atom stereocenters. The third-order valence-corrected chi connectivity index (χ3v) is 4.81. The van der Waals surface area contributed by atoms with Crippen molar-refractivity contribution in [2.24, 2.45) is 0 Å². The van der Waals surface area contributed by atoms with Crippen molar-refractivity contribution in [1.29, 1.82) is 5.26 Å². The van der Waals surface area contributed by atoms with E-state index in [4.69, 9.17) is 0 Å². The molecule has 0 bridgehead atoms. The van der Waals surface area contributed by atoms with Gasteiger partial charge in [0.05, 0.1) is 27.2 Å². The third-order valence-electron chi connectivity index (χ3n) is 4.81. The summed E-state index contributed by atoms with van der Waals surface area (Å²) in [5.41, 5.74) is 6.04. The van der Waals surface area contributed by atoms with Crippen molar-refractivity contribution in [2.75, 3.05) is 32.5 Å². The molecule has 0 aliphatic heterocycles. The highest BCUT2D eigenvalue weighted by molar-refractivity contribution is 5.78. The van der Waals surface area contributed by atoms with Crippen LogP contribution in [-0.2, 0) is 6.42 Å². The maximum atomic E-state index is 9.72. The number of H-pyrrole nitrogens is 1. The molecule has 2 aromatic heterocycles. The van der Waals surface area contributed by atoms with Crippen LogP contribution in [0.3, 0.4) is 0 Å². The molecule has 0 aliphatic carbocycles. The highest BCUT2D eigenvalue weighted by Gasteiger charge is 2.24. The van der Waals surface area contributed by atoms with Gasteiger partial charge < -0.3 is 10.2 Å². The van der Waals surface area contributed by atoms with Crippen molar-refractivity contribution in [3.05, 3.63) is 41.0 Å². The summed E-state index contributed by atoms with van der Waals surface area (Å²) in [7, 11) is 4.35. The van der Waals surface area contributed by atoms with Crippen LogP contribution in [0.5, 0.6) is 0 Å². The lowest BCUT2D eigenvalue weighted by Crippen LogP contribution is -3.05. The second kappa shape index (κ2) is 7.12. The van der Waals surface area contributed by atoms with Crippen LogP contribution < -0.4 is 14.6 Å². The fourth-order valence-corrected chi connectivity index (χ4v) is 3.53. The van der Waals surface area contributed by atoms with Gasteiger partial charge in [-0.1, -0.05) is 19.1 Å². The summed E-state index contributed by atoms with van der Waals surface area (Å²) in [5.74, 6) is 1.11. The van der Waals surface area contributed by atoms with Crippen LogP contribution in [0.15, 0.2) is 24.3 Å². The molecule has 130 valence electrons. The summed E-state index contributed by atoms with van der Waals surface area (Å²) in [6, 6.07) is 10.6. The van der Waals surface area contributed by atoms with Crippen LogP contribution >= 0.6 is 0 Å². The van der Waals surface area contributed by atoms with Crippen molar-refractivity contribution < 1.29 is 9.30 Å². The summed E-state index contributed by atoms with van der Waals surface area (Å²) in [5, 5.41) is 13.4. The third kappa shape index (κ3) is 3.06. The van der Waals surface area contributed by atoms with E-state index < -0.39 is 0 Å². The molecular weight excluding hydrogens is 310 g/mol. The Bertz CT molecular complexity index is 946. The van der Waals surface area contributed by atoms with E-state index in [1.807, 2.05) is 12.1 Å². The number of rotatable bonds is 6. The van der Waals surface area contributed by atoms with Gasteiger partial charge >= 0.3 is 0 Å². The minimum Gasteiger partial charge on any atom is -0.340 e. The maximum Gasteiger partial charge on any atom is 0.250 e. The van der Waals surface area contributed by atoms with E-state index in [2.05, 4.69) is 60.8 Å². The van der Waals surface area contributed by atoms with E-state index in [0.29, 0.717) is 0 Å². The monoisotopic (exact) mass is 337 g/mol. The van der Waals surface area contributed by atoms with Crippen molar-refractivity contribution in [3.63, 3.8) is 0 Å². The number of hydrogen-bond acceptors (Lipinski definition) is 2. The Morgan fingerprint density at radius 2 is 2.04 bits per heavy atom. The van der Waals surface area contributed by atoms with Gasteiger partial charge in [-0.2, -0.15) is 9.66 Å². The molecule has 0 radical (unpaired) electrons. The highest BCUT2D eigenvalue weighted by atomic mass is 15.1. The van der Waals surface area contributed by atoms with Gasteiger partial charge in [-0.05, 0) is 31.0 Å².